The van der Waals surface area contributed by atoms with Crippen LogP contribution in [0.1, 0.15) is 54.4 Å². The summed E-state index contributed by atoms with van der Waals surface area (Å²) >= 11 is 0. The zero-order valence-electron chi connectivity index (χ0n) is 18.6. The van der Waals surface area contributed by atoms with E-state index < -0.39 is 23.7 Å². The van der Waals surface area contributed by atoms with Gasteiger partial charge in [-0.25, -0.2) is 13.2 Å². The molecule has 0 bridgehead atoms. The van der Waals surface area contributed by atoms with Crippen LogP contribution in [0.5, 0.6) is 5.75 Å². The predicted molar refractivity (Wildman–Crippen MR) is 118 cm³/mol. The van der Waals surface area contributed by atoms with E-state index in [4.69, 9.17) is 0 Å². The van der Waals surface area contributed by atoms with Gasteiger partial charge in [-0.1, -0.05) is 37.6 Å². The summed E-state index contributed by atoms with van der Waals surface area (Å²) in [6.45, 7) is 2.07. The van der Waals surface area contributed by atoms with Gasteiger partial charge in [-0.05, 0) is 90.1 Å². The minimum atomic E-state index is -4.85. The molecule has 180 valence electrons. The van der Waals surface area contributed by atoms with Crippen molar-refractivity contribution < 1.29 is 31.1 Å². The molecular formula is C27H24F6O. The van der Waals surface area contributed by atoms with Gasteiger partial charge in [0.25, 0.3) is 0 Å². The highest BCUT2D eigenvalue weighted by Gasteiger charge is 2.31. The number of unbranched alkanes of at least 4 members (excludes halogenated alkanes) is 1. The fraction of sp³-hybridized carbons (Fsp3) is 0.333. The van der Waals surface area contributed by atoms with Gasteiger partial charge in [-0.3, -0.25) is 0 Å². The second-order valence-corrected chi connectivity index (χ2v) is 8.66. The van der Waals surface area contributed by atoms with Crippen LogP contribution < -0.4 is 4.74 Å². The lowest BCUT2D eigenvalue weighted by molar-refractivity contribution is -0.274. The van der Waals surface area contributed by atoms with Gasteiger partial charge in [0.1, 0.15) is 23.2 Å². The van der Waals surface area contributed by atoms with Crippen LogP contribution in [0.2, 0.25) is 0 Å². The number of benzene rings is 3. The average molecular weight is 478 g/mol. The van der Waals surface area contributed by atoms with E-state index in [2.05, 4.69) is 11.7 Å². The third kappa shape index (κ3) is 5.24. The van der Waals surface area contributed by atoms with Gasteiger partial charge in [0, 0.05) is 0 Å². The molecule has 0 fully saturated rings. The Morgan fingerprint density at radius 1 is 0.941 bits per heavy atom. The second-order valence-electron chi connectivity index (χ2n) is 8.66. The summed E-state index contributed by atoms with van der Waals surface area (Å²) in [6.07, 6.45) is -0.904. The highest BCUT2D eigenvalue weighted by atomic mass is 19.4. The molecule has 0 radical (unpaired) electrons. The van der Waals surface area contributed by atoms with Crippen molar-refractivity contribution >= 4 is 0 Å². The highest BCUT2D eigenvalue weighted by Crippen LogP contribution is 2.39. The summed E-state index contributed by atoms with van der Waals surface area (Å²) in [5.41, 5.74) is 2.17. The van der Waals surface area contributed by atoms with Gasteiger partial charge in [-0.15, -0.1) is 13.2 Å². The molecule has 4 rings (SSSR count). The summed E-state index contributed by atoms with van der Waals surface area (Å²) in [7, 11) is 0. The number of hydrogen-bond donors (Lipinski definition) is 0. The van der Waals surface area contributed by atoms with Crippen molar-refractivity contribution in [1.82, 2.24) is 0 Å². The van der Waals surface area contributed by atoms with Crippen LogP contribution in [0.15, 0.2) is 48.5 Å². The zero-order chi connectivity index (χ0) is 24.5. The summed E-state index contributed by atoms with van der Waals surface area (Å²) in [6, 6.07) is 10.9. The second kappa shape index (κ2) is 9.72. The lowest BCUT2D eigenvalue weighted by Crippen LogP contribution is -2.17. The minimum Gasteiger partial charge on any atom is -0.406 e. The number of aryl methyl sites for hydroxylation is 1. The Hall–Kier alpha value is -2.96. The van der Waals surface area contributed by atoms with Crippen molar-refractivity contribution in [2.24, 2.45) is 0 Å². The van der Waals surface area contributed by atoms with Gasteiger partial charge in [0.2, 0.25) is 0 Å². The molecule has 0 spiro atoms. The van der Waals surface area contributed by atoms with Crippen molar-refractivity contribution in [1.29, 1.82) is 0 Å². The summed E-state index contributed by atoms with van der Waals surface area (Å²) < 4.78 is 86.0. The molecule has 3 aromatic rings. The molecule has 0 heterocycles. The summed E-state index contributed by atoms with van der Waals surface area (Å²) in [5.74, 6) is -2.48. The Morgan fingerprint density at radius 2 is 1.68 bits per heavy atom. The van der Waals surface area contributed by atoms with Crippen LogP contribution >= 0.6 is 0 Å². The van der Waals surface area contributed by atoms with Crippen molar-refractivity contribution in [2.75, 3.05) is 0 Å². The molecule has 1 nitrogen and oxygen atoms in total. The Kier molecular flexibility index (Phi) is 6.91. The van der Waals surface area contributed by atoms with Crippen LogP contribution in [-0.4, -0.2) is 6.36 Å². The number of ether oxygens (including phenoxy) is 1. The maximum absolute atomic E-state index is 15.3. The first-order valence-electron chi connectivity index (χ1n) is 11.3. The number of rotatable bonds is 6. The number of alkyl halides is 3. The molecule has 0 amide bonds. The summed E-state index contributed by atoms with van der Waals surface area (Å²) in [4.78, 5) is 0. The van der Waals surface area contributed by atoms with Crippen molar-refractivity contribution in [3.05, 3.63) is 88.2 Å². The third-order valence-corrected chi connectivity index (χ3v) is 6.32. The normalized spacial score (nSPS) is 15.8. The van der Waals surface area contributed by atoms with E-state index in [-0.39, 0.29) is 22.9 Å². The maximum Gasteiger partial charge on any atom is 0.573 e. The molecule has 34 heavy (non-hydrogen) atoms. The van der Waals surface area contributed by atoms with Crippen molar-refractivity contribution in [3.8, 4) is 16.9 Å². The van der Waals surface area contributed by atoms with Gasteiger partial charge in [-0.2, -0.15) is 0 Å². The van der Waals surface area contributed by atoms with Crippen LogP contribution in [0.4, 0.5) is 26.3 Å². The topological polar surface area (TPSA) is 9.23 Å². The Labute approximate surface area is 194 Å². The van der Waals surface area contributed by atoms with Gasteiger partial charge < -0.3 is 4.74 Å². The fourth-order valence-electron chi connectivity index (χ4n) is 4.64. The van der Waals surface area contributed by atoms with E-state index in [0.29, 0.717) is 36.0 Å². The minimum absolute atomic E-state index is 0.114. The first-order chi connectivity index (χ1) is 16.2. The molecule has 7 heteroatoms. The molecule has 0 saturated heterocycles. The highest BCUT2D eigenvalue weighted by molar-refractivity contribution is 5.67. The Bertz CT molecular complexity index is 1170. The van der Waals surface area contributed by atoms with E-state index in [9.17, 15) is 22.0 Å². The van der Waals surface area contributed by atoms with E-state index >= 15 is 4.39 Å². The summed E-state index contributed by atoms with van der Waals surface area (Å²) in [5, 5.41) is 0. The third-order valence-electron chi connectivity index (χ3n) is 6.32. The molecule has 1 aliphatic carbocycles. The van der Waals surface area contributed by atoms with Crippen LogP contribution in [0, 0.1) is 17.5 Å². The van der Waals surface area contributed by atoms with E-state index in [1.807, 2.05) is 6.07 Å². The maximum atomic E-state index is 15.3. The Balaban J connectivity index is 1.58. The standard InChI is InChI=1S/C27H24F6O/c1-2-3-4-16-5-11-21(23(28)13-16)18-8-12-22-19(14-18)15-24(29)25(26(22)30)17-6-9-20(10-7-17)34-27(31,32)33/h5-7,9-11,13,15,18H,2-4,8,12,14H2,1H3. The smallest absolute Gasteiger partial charge is 0.406 e. The molecule has 0 N–H and O–H groups in total. The lowest BCUT2D eigenvalue weighted by Gasteiger charge is -2.27. The van der Waals surface area contributed by atoms with Gasteiger partial charge in [0.05, 0.1) is 5.56 Å². The molecule has 1 aliphatic rings. The SMILES string of the molecule is CCCCc1ccc(C2CCc3c(cc(F)c(-c4ccc(OC(F)(F)F)cc4)c3F)C2)c(F)c1. The molecule has 0 aliphatic heterocycles. The number of fused-ring (bicyclic) bond motifs is 1. The van der Waals surface area contributed by atoms with Crippen LogP contribution in [0.3, 0.4) is 0 Å². The first-order valence-corrected chi connectivity index (χ1v) is 11.3. The van der Waals surface area contributed by atoms with E-state index in [0.717, 1.165) is 37.0 Å². The first kappa shape index (κ1) is 24.2. The molecule has 0 aromatic heterocycles. The fourth-order valence-corrected chi connectivity index (χ4v) is 4.64. The van der Waals surface area contributed by atoms with Gasteiger partial charge >= 0.3 is 6.36 Å². The van der Waals surface area contributed by atoms with E-state index in [1.54, 1.807) is 12.1 Å². The largest absolute Gasteiger partial charge is 0.573 e. The molecular weight excluding hydrogens is 454 g/mol. The monoisotopic (exact) mass is 478 g/mol. The zero-order valence-corrected chi connectivity index (χ0v) is 18.6. The molecule has 1 atom stereocenters. The van der Waals surface area contributed by atoms with Crippen LogP contribution in [-0.2, 0) is 19.3 Å². The predicted octanol–water partition coefficient (Wildman–Crippen LogP) is 8.28. The average Bonchev–Trinajstić information content (AvgIpc) is 2.77. The molecule has 1 unspecified atom stereocenters. The van der Waals surface area contributed by atoms with Crippen molar-refractivity contribution in [3.63, 3.8) is 0 Å². The van der Waals surface area contributed by atoms with Gasteiger partial charge in [0.15, 0.2) is 0 Å². The molecule has 3 aromatic carbocycles. The van der Waals surface area contributed by atoms with E-state index in [1.165, 1.54) is 18.2 Å². The lowest BCUT2D eigenvalue weighted by atomic mass is 9.78. The molecule has 0 saturated carbocycles. The van der Waals surface area contributed by atoms with Crippen LogP contribution in [0.25, 0.3) is 11.1 Å². The number of halogens is 6. The Morgan fingerprint density at radius 3 is 2.32 bits per heavy atom. The number of hydrogen-bond acceptors (Lipinski definition) is 1. The quantitative estimate of drug-likeness (QED) is 0.324. The van der Waals surface area contributed by atoms with Crippen molar-refractivity contribution in [2.45, 2.75) is 57.7 Å².